The fourth-order valence-corrected chi connectivity index (χ4v) is 4.26. The molecule has 0 unspecified atom stereocenters. The number of aryl methyl sites for hydroxylation is 2. The van der Waals surface area contributed by atoms with Gasteiger partial charge in [0.05, 0.1) is 18.2 Å². The molecule has 146 valence electrons. The summed E-state index contributed by atoms with van der Waals surface area (Å²) in [6.45, 7) is 6.95. The van der Waals surface area contributed by atoms with Crippen LogP contribution in [0.25, 0.3) is 0 Å². The van der Waals surface area contributed by atoms with Crippen molar-refractivity contribution in [2.75, 3.05) is 56.2 Å². The molecule has 2 fully saturated rings. The van der Waals surface area contributed by atoms with Crippen LogP contribution in [0.15, 0.2) is 18.2 Å². The number of carbonyl (C=O) groups excluding carboxylic acids is 3. The quantitative estimate of drug-likeness (QED) is 0.809. The Bertz CT molecular complexity index is 711. The minimum Gasteiger partial charge on any atom is -0.339 e. The largest absolute Gasteiger partial charge is 0.339 e. The number of thioether (sulfide) groups is 1. The summed E-state index contributed by atoms with van der Waals surface area (Å²) in [5.41, 5.74) is 2.98. The number of nitrogens with zero attached hydrogens (tertiary/aromatic N) is 3. The topological polar surface area (TPSA) is 73.0 Å². The lowest BCUT2D eigenvalue weighted by molar-refractivity contribution is -0.139. The summed E-state index contributed by atoms with van der Waals surface area (Å²) in [5, 5.41) is 3.01. The first-order valence-corrected chi connectivity index (χ1v) is 10.3. The lowest BCUT2D eigenvalue weighted by Crippen LogP contribution is -2.52. The number of nitrogens with one attached hydrogen (secondary N) is 1. The fourth-order valence-electron chi connectivity index (χ4n) is 3.35. The van der Waals surface area contributed by atoms with Crippen LogP contribution in [-0.4, -0.2) is 83.3 Å². The SMILES string of the molecule is Cc1cccc(C)c1NC(=O)CN1CCN(C(=O)CN2CSCC2=O)CC1. The highest BCUT2D eigenvalue weighted by atomic mass is 32.2. The van der Waals surface area contributed by atoms with Gasteiger partial charge in [0.15, 0.2) is 0 Å². The first-order chi connectivity index (χ1) is 12.9. The smallest absolute Gasteiger partial charge is 0.242 e. The van der Waals surface area contributed by atoms with Crippen LogP contribution in [0.4, 0.5) is 5.69 Å². The standard InChI is InChI=1S/C19H26N4O3S/c1-14-4-3-5-15(2)19(14)20-16(24)10-21-6-8-22(9-7-21)17(25)11-23-13-27-12-18(23)26/h3-5H,6-13H2,1-2H3,(H,20,24). The molecule has 0 spiro atoms. The molecule has 8 heteroatoms. The molecule has 1 aromatic carbocycles. The number of anilines is 1. The monoisotopic (exact) mass is 390 g/mol. The van der Waals surface area contributed by atoms with Crippen LogP contribution >= 0.6 is 11.8 Å². The van der Waals surface area contributed by atoms with Crippen LogP contribution in [0.2, 0.25) is 0 Å². The van der Waals surface area contributed by atoms with E-state index in [1.807, 2.05) is 32.0 Å². The van der Waals surface area contributed by atoms with E-state index >= 15 is 0 Å². The van der Waals surface area contributed by atoms with Crippen LogP contribution in [0, 0.1) is 13.8 Å². The molecule has 7 nitrogen and oxygen atoms in total. The highest BCUT2D eigenvalue weighted by Gasteiger charge is 2.27. The molecule has 1 N–H and O–H groups in total. The Kier molecular flexibility index (Phi) is 6.38. The Morgan fingerprint density at radius 3 is 2.33 bits per heavy atom. The van der Waals surface area contributed by atoms with Crippen molar-refractivity contribution in [3.8, 4) is 0 Å². The molecule has 0 saturated carbocycles. The predicted octanol–water partition coefficient (Wildman–Crippen LogP) is 0.919. The number of piperazine rings is 1. The first-order valence-electron chi connectivity index (χ1n) is 9.16. The van der Waals surface area contributed by atoms with Crippen molar-refractivity contribution in [1.29, 1.82) is 0 Å². The molecule has 2 aliphatic rings. The summed E-state index contributed by atoms with van der Waals surface area (Å²) in [6.07, 6.45) is 0. The number of carbonyl (C=O) groups is 3. The number of hydrogen-bond acceptors (Lipinski definition) is 5. The van der Waals surface area contributed by atoms with Gasteiger partial charge < -0.3 is 15.1 Å². The summed E-state index contributed by atoms with van der Waals surface area (Å²) in [4.78, 5) is 41.9. The minimum absolute atomic E-state index is 0.00881. The van der Waals surface area contributed by atoms with Gasteiger partial charge in [0.25, 0.3) is 0 Å². The molecular weight excluding hydrogens is 364 g/mol. The number of para-hydroxylation sites is 1. The highest BCUT2D eigenvalue weighted by molar-refractivity contribution is 8.00. The van der Waals surface area contributed by atoms with Crippen molar-refractivity contribution in [3.63, 3.8) is 0 Å². The second-order valence-corrected chi connectivity index (χ2v) is 8.00. The fraction of sp³-hybridized carbons (Fsp3) is 0.526. The Morgan fingerprint density at radius 1 is 1.07 bits per heavy atom. The lowest BCUT2D eigenvalue weighted by atomic mass is 10.1. The van der Waals surface area contributed by atoms with Crippen molar-refractivity contribution in [2.24, 2.45) is 0 Å². The van der Waals surface area contributed by atoms with Crippen molar-refractivity contribution < 1.29 is 14.4 Å². The third kappa shape index (κ3) is 5.01. The van der Waals surface area contributed by atoms with E-state index in [1.54, 1.807) is 21.6 Å². The van der Waals surface area contributed by atoms with Gasteiger partial charge in [0, 0.05) is 31.9 Å². The van der Waals surface area contributed by atoms with E-state index in [1.165, 1.54) is 0 Å². The van der Waals surface area contributed by atoms with E-state index in [0.29, 0.717) is 44.4 Å². The normalized spacial score (nSPS) is 18.1. The summed E-state index contributed by atoms with van der Waals surface area (Å²) in [7, 11) is 0. The molecular formula is C19H26N4O3S. The maximum atomic E-state index is 12.4. The molecule has 2 heterocycles. The van der Waals surface area contributed by atoms with Crippen LogP contribution in [-0.2, 0) is 14.4 Å². The number of hydrogen-bond donors (Lipinski definition) is 1. The molecule has 0 aliphatic carbocycles. The maximum absolute atomic E-state index is 12.4. The Balaban J connectivity index is 1.44. The number of amides is 3. The molecule has 27 heavy (non-hydrogen) atoms. The average molecular weight is 391 g/mol. The zero-order chi connectivity index (χ0) is 19.4. The molecule has 0 atom stereocenters. The molecule has 0 radical (unpaired) electrons. The zero-order valence-corrected chi connectivity index (χ0v) is 16.7. The third-order valence-corrected chi connectivity index (χ3v) is 5.93. The Hall–Kier alpha value is -2.06. The van der Waals surface area contributed by atoms with Crippen LogP contribution in [0.3, 0.4) is 0 Å². The van der Waals surface area contributed by atoms with E-state index in [9.17, 15) is 14.4 Å². The van der Waals surface area contributed by atoms with Gasteiger partial charge in [-0.15, -0.1) is 11.8 Å². The van der Waals surface area contributed by atoms with Crippen LogP contribution in [0.1, 0.15) is 11.1 Å². The van der Waals surface area contributed by atoms with E-state index in [0.717, 1.165) is 16.8 Å². The Morgan fingerprint density at radius 2 is 1.74 bits per heavy atom. The van der Waals surface area contributed by atoms with E-state index in [2.05, 4.69) is 10.2 Å². The van der Waals surface area contributed by atoms with Gasteiger partial charge in [0.1, 0.15) is 6.54 Å². The molecule has 2 aliphatic heterocycles. The minimum atomic E-state index is -0.0353. The first kappa shape index (κ1) is 19.7. The average Bonchev–Trinajstić information content (AvgIpc) is 3.03. The van der Waals surface area contributed by atoms with Crippen molar-refractivity contribution >= 4 is 35.2 Å². The summed E-state index contributed by atoms with van der Waals surface area (Å²) >= 11 is 1.54. The van der Waals surface area contributed by atoms with Crippen LogP contribution in [0.5, 0.6) is 0 Å². The summed E-state index contributed by atoms with van der Waals surface area (Å²) < 4.78 is 0. The molecule has 2 saturated heterocycles. The van der Waals surface area contributed by atoms with Crippen LogP contribution < -0.4 is 5.32 Å². The third-order valence-electron chi connectivity index (χ3n) is 4.99. The predicted molar refractivity (Wildman–Crippen MR) is 107 cm³/mol. The summed E-state index contributed by atoms with van der Waals surface area (Å²) in [6, 6.07) is 5.94. The van der Waals surface area contributed by atoms with E-state index in [4.69, 9.17) is 0 Å². The van der Waals surface area contributed by atoms with Crippen molar-refractivity contribution in [1.82, 2.24) is 14.7 Å². The summed E-state index contributed by atoms with van der Waals surface area (Å²) in [5.74, 6) is 1.06. The van der Waals surface area contributed by atoms with Gasteiger partial charge in [0.2, 0.25) is 17.7 Å². The van der Waals surface area contributed by atoms with Gasteiger partial charge >= 0.3 is 0 Å². The molecule has 3 amide bonds. The number of benzene rings is 1. The van der Waals surface area contributed by atoms with Gasteiger partial charge in [-0.05, 0) is 25.0 Å². The molecule has 0 aromatic heterocycles. The zero-order valence-electron chi connectivity index (χ0n) is 15.9. The second-order valence-electron chi connectivity index (χ2n) is 7.04. The molecule has 3 rings (SSSR count). The second kappa shape index (κ2) is 8.75. The van der Waals surface area contributed by atoms with Crippen molar-refractivity contribution in [3.05, 3.63) is 29.3 Å². The van der Waals surface area contributed by atoms with Gasteiger partial charge in [-0.1, -0.05) is 18.2 Å². The van der Waals surface area contributed by atoms with Gasteiger partial charge in [-0.25, -0.2) is 0 Å². The lowest BCUT2D eigenvalue weighted by Gasteiger charge is -2.35. The van der Waals surface area contributed by atoms with E-state index in [-0.39, 0.29) is 24.3 Å². The Labute approximate surface area is 164 Å². The van der Waals surface area contributed by atoms with Gasteiger partial charge in [-0.2, -0.15) is 0 Å². The van der Waals surface area contributed by atoms with Crippen molar-refractivity contribution in [2.45, 2.75) is 13.8 Å². The molecule has 1 aromatic rings. The molecule has 0 bridgehead atoms. The highest BCUT2D eigenvalue weighted by Crippen LogP contribution is 2.19. The van der Waals surface area contributed by atoms with E-state index < -0.39 is 0 Å². The van der Waals surface area contributed by atoms with Gasteiger partial charge in [-0.3, -0.25) is 19.3 Å². The maximum Gasteiger partial charge on any atom is 0.242 e. The number of rotatable bonds is 5.